The van der Waals surface area contributed by atoms with E-state index in [2.05, 4.69) is 16.5 Å². The van der Waals surface area contributed by atoms with Crippen molar-refractivity contribution in [2.45, 2.75) is 33.6 Å². The average Bonchev–Trinajstić information content (AvgIpc) is 2.97. The zero-order chi connectivity index (χ0) is 16.9. The summed E-state index contributed by atoms with van der Waals surface area (Å²) in [5, 5.41) is 0.646. The zero-order valence-corrected chi connectivity index (χ0v) is 14.7. The molecule has 0 bridgehead atoms. The van der Waals surface area contributed by atoms with Crippen LogP contribution in [-0.2, 0) is 24.5 Å². The Balaban J connectivity index is 1.88. The quantitative estimate of drug-likeness (QED) is 0.616. The minimum Gasteiger partial charge on any atom is -0.489 e. The predicted octanol–water partition coefficient (Wildman–Crippen LogP) is 4.83. The third-order valence-corrected chi connectivity index (χ3v) is 4.14. The number of halogens is 1. The van der Waals surface area contributed by atoms with Crippen molar-refractivity contribution in [1.29, 1.82) is 0 Å². The molecule has 0 aliphatic heterocycles. The van der Waals surface area contributed by atoms with E-state index in [0.717, 1.165) is 34.7 Å². The number of aromatic nitrogens is 2. The van der Waals surface area contributed by atoms with Gasteiger partial charge in [-0.15, -0.1) is 0 Å². The first-order chi connectivity index (χ1) is 11.7. The van der Waals surface area contributed by atoms with Gasteiger partial charge in [0.15, 0.2) is 0 Å². The molecule has 0 saturated carbocycles. The molecule has 3 rings (SSSR count). The van der Waals surface area contributed by atoms with Crippen LogP contribution in [0.3, 0.4) is 0 Å². The van der Waals surface area contributed by atoms with Crippen molar-refractivity contribution in [2.75, 3.05) is 6.61 Å². The minimum absolute atomic E-state index is 0.482. The highest BCUT2D eigenvalue weighted by Crippen LogP contribution is 2.30. The summed E-state index contributed by atoms with van der Waals surface area (Å²) in [6.07, 6.45) is 0. The molecule has 1 heterocycles. The second kappa shape index (κ2) is 7.69. The Morgan fingerprint density at radius 2 is 1.88 bits per heavy atom. The lowest BCUT2D eigenvalue weighted by molar-refractivity contribution is 0.126. The standard InChI is InChI=1S/C19H21ClN2O2/c1-3-22-18(13-23-4-2)21-17-11-15(10-16(20)19(17)22)24-12-14-8-6-5-7-9-14/h5-11H,3-4,12-13H2,1-2H3. The fraction of sp³-hybridized carbons (Fsp3) is 0.316. The summed E-state index contributed by atoms with van der Waals surface area (Å²) in [5.41, 5.74) is 2.88. The second-order valence-electron chi connectivity index (χ2n) is 5.46. The SMILES string of the molecule is CCOCc1nc2cc(OCc3ccccc3)cc(Cl)c2n1CC. The van der Waals surface area contributed by atoms with Crippen LogP contribution in [0, 0.1) is 0 Å². The Morgan fingerprint density at radius 1 is 1.08 bits per heavy atom. The largest absolute Gasteiger partial charge is 0.489 e. The van der Waals surface area contributed by atoms with E-state index in [0.29, 0.717) is 24.8 Å². The topological polar surface area (TPSA) is 36.3 Å². The molecular formula is C19H21ClN2O2. The van der Waals surface area contributed by atoms with Crippen LogP contribution in [0.5, 0.6) is 5.75 Å². The molecular weight excluding hydrogens is 324 g/mol. The first kappa shape index (κ1) is 16.8. The number of rotatable bonds is 7. The van der Waals surface area contributed by atoms with Crippen LogP contribution in [0.1, 0.15) is 25.2 Å². The summed E-state index contributed by atoms with van der Waals surface area (Å²) >= 11 is 6.49. The van der Waals surface area contributed by atoms with E-state index < -0.39 is 0 Å². The summed E-state index contributed by atoms with van der Waals surface area (Å²) in [4.78, 5) is 4.67. The Bertz CT molecular complexity index is 815. The predicted molar refractivity (Wildman–Crippen MR) is 96.5 cm³/mol. The molecule has 0 amide bonds. The molecule has 2 aromatic carbocycles. The number of benzene rings is 2. The highest BCUT2D eigenvalue weighted by atomic mass is 35.5. The van der Waals surface area contributed by atoms with Crippen LogP contribution < -0.4 is 4.74 Å². The van der Waals surface area contributed by atoms with Crippen molar-refractivity contribution in [2.24, 2.45) is 0 Å². The Hall–Kier alpha value is -2.04. The number of hydrogen-bond donors (Lipinski definition) is 0. The van der Waals surface area contributed by atoms with Gasteiger partial charge < -0.3 is 14.0 Å². The van der Waals surface area contributed by atoms with Gasteiger partial charge in [-0.25, -0.2) is 4.98 Å². The highest BCUT2D eigenvalue weighted by molar-refractivity contribution is 6.35. The lowest BCUT2D eigenvalue weighted by Gasteiger charge is -2.09. The number of fused-ring (bicyclic) bond motifs is 1. The molecule has 0 fully saturated rings. The minimum atomic E-state index is 0.482. The van der Waals surface area contributed by atoms with Crippen molar-refractivity contribution in [3.8, 4) is 5.75 Å². The van der Waals surface area contributed by atoms with Crippen LogP contribution in [0.15, 0.2) is 42.5 Å². The maximum atomic E-state index is 6.49. The van der Waals surface area contributed by atoms with Crippen molar-refractivity contribution < 1.29 is 9.47 Å². The second-order valence-corrected chi connectivity index (χ2v) is 5.86. The highest BCUT2D eigenvalue weighted by Gasteiger charge is 2.14. The van der Waals surface area contributed by atoms with Gasteiger partial charge in [0.2, 0.25) is 0 Å². The number of aryl methyl sites for hydroxylation is 1. The molecule has 0 unspecified atom stereocenters. The van der Waals surface area contributed by atoms with Crippen molar-refractivity contribution in [3.63, 3.8) is 0 Å². The van der Waals surface area contributed by atoms with E-state index in [-0.39, 0.29) is 0 Å². The summed E-state index contributed by atoms with van der Waals surface area (Å²) in [6.45, 7) is 6.49. The van der Waals surface area contributed by atoms with Crippen LogP contribution in [-0.4, -0.2) is 16.2 Å². The monoisotopic (exact) mass is 344 g/mol. The van der Waals surface area contributed by atoms with Crippen molar-refractivity contribution in [3.05, 3.63) is 58.9 Å². The molecule has 1 aromatic heterocycles. The summed E-state index contributed by atoms with van der Waals surface area (Å²) in [5.74, 6) is 1.61. The van der Waals surface area contributed by atoms with Gasteiger partial charge in [-0.1, -0.05) is 41.9 Å². The van der Waals surface area contributed by atoms with Crippen molar-refractivity contribution in [1.82, 2.24) is 9.55 Å². The normalized spacial score (nSPS) is 11.1. The molecule has 0 atom stereocenters. The van der Waals surface area contributed by atoms with Crippen LogP contribution in [0.2, 0.25) is 5.02 Å². The van der Waals surface area contributed by atoms with Gasteiger partial charge in [0.1, 0.15) is 24.8 Å². The number of imidazole rings is 1. The number of ether oxygens (including phenoxy) is 2. The molecule has 5 heteroatoms. The number of nitrogens with zero attached hydrogens (tertiary/aromatic N) is 2. The molecule has 0 saturated heterocycles. The third-order valence-electron chi connectivity index (χ3n) is 3.85. The Labute approximate surface area is 147 Å². The molecule has 0 radical (unpaired) electrons. The smallest absolute Gasteiger partial charge is 0.136 e. The molecule has 126 valence electrons. The molecule has 0 aliphatic rings. The van der Waals surface area contributed by atoms with Crippen molar-refractivity contribution >= 4 is 22.6 Å². The molecule has 3 aromatic rings. The molecule has 4 nitrogen and oxygen atoms in total. The van der Waals surface area contributed by atoms with Crippen LogP contribution in [0.25, 0.3) is 11.0 Å². The van der Waals surface area contributed by atoms with Gasteiger partial charge in [0.05, 0.1) is 16.1 Å². The number of hydrogen-bond acceptors (Lipinski definition) is 3. The van der Waals surface area contributed by atoms with Crippen LogP contribution >= 0.6 is 11.6 Å². The molecule has 0 spiro atoms. The van der Waals surface area contributed by atoms with E-state index in [1.165, 1.54) is 0 Å². The summed E-state index contributed by atoms with van der Waals surface area (Å²) in [7, 11) is 0. The van der Waals surface area contributed by atoms with Gasteiger partial charge in [0, 0.05) is 25.3 Å². The van der Waals surface area contributed by atoms with E-state index in [1.807, 2.05) is 49.4 Å². The van der Waals surface area contributed by atoms with Gasteiger partial charge >= 0.3 is 0 Å². The summed E-state index contributed by atoms with van der Waals surface area (Å²) < 4.78 is 13.5. The lowest BCUT2D eigenvalue weighted by atomic mass is 10.2. The average molecular weight is 345 g/mol. The maximum absolute atomic E-state index is 6.49. The fourth-order valence-corrected chi connectivity index (χ4v) is 3.02. The first-order valence-corrected chi connectivity index (χ1v) is 8.53. The van der Waals surface area contributed by atoms with Gasteiger partial charge in [-0.3, -0.25) is 0 Å². The van der Waals surface area contributed by atoms with E-state index in [9.17, 15) is 0 Å². The van der Waals surface area contributed by atoms with Crippen LogP contribution in [0.4, 0.5) is 0 Å². The van der Waals surface area contributed by atoms with E-state index >= 15 is 0 Å². The summed E-state index contributed by atoms with van der Waals surface area (Å²) in [6, 6.07) is 13.8. The zero-order valence-electron chi connectivity index (χ0n) is 14.0. The lowest BCUT2D eigenvalue weighted by Crippen LogP contribution is -2.04. The van der Waals surface area contributed by atoms with E-state index in [4.69, 9.17) is 21.1 Å². The molecule has 24 heavy (non-hydrogen) atoms. The Morgan fingerprint density at radius 3 is 2.58 bits per heavy atom. The van der Waals surface area contributed by atoms with Gasteiger partial charge in [-0.05, 0) is 19.4 Å². The van der Waals surface area contributed by atoms with Gasteiger partial charge in [0.25, 0.3) is 0 Å². The maximum Gasteiger partial charge on any atom is 0.136 e. The Kier molecular flexibility index (Phi) is 5.38. The fourth-order valence-electron chi connectivity index (χ4n) is 2.71. The van der Waals surface area contributed by atoms with Gasteiger partial charge in [-0.2, -0.15) is 0 Å². The molecule has 0 N–H and O–H groups in total. The molecule has 0 aliphatic carbocycles. The first-order valence-electron chi connectivity index (χ1n) is 8.16. The third kappa shape index (κ3) is 3.55. The van der Waals surface area contributed by atoms with E-state index in [1.54, 1.807) is 0 Å².